The van der Waals surface area contributed by atoms with Crippen molar-refractivity contribution in [1.82, 2.24) is 4.57 Å². The summed E-state index contributed by atoms with van der Waals surface area (Å²) in [5, 5.41) is 11.7. The molecular weight excluding hydrogens is 224 g/mol. The van der Waals surface area contributed by atoms with Crippen LogP contribution in [0.2, 0.25) is 0 Å². The Bertz CT molecular complexity index is 565. The molecule has 0 aliphatic rings. The van der Waals surface area contributed by atoms with Gasteiger partial charge >= 0.3 is 0 Å². The maximum Gasteiger partial charge on any atom is 0.0752 e. The average molecular weight is 242 g/mol. The molecule has 0 saturated carbocycles. The van der Waals surface area contributed by atoms with Gasteiger partial charge in [0.2, 0.25) is 0 Å². The molecule has 1 aromatic heterocycles. The van der Waals surface area contributed by atoms with Crippen LogP contribution < -0.4 is 0 Å². The van der Waals surface area contributed by atoms with E-state index >= 15 is 0 Å². The van der Waals surface area contributed by atoms with Crippen LogP contribution in [0.1, 0.15) is 29.4 Å². The van der Waals surface area contributed by atoms with Crippen LogP contribution in [0.15, 0.2) is 35.5 Å². The smallest absolute Gasteiger partial charge is 0.0752 e. The first-order valence-electron chi connectivity index (χ1n) is 6.13. The molecule has 3 nitrogen and oxygen atoms in total. The molecule has 0 bridgehead atoms. The minimum atomic E-state index is 0.939. The highest BCUT2D eigenvalue weighted by molar-refractivity contribution is 5.81. The Morgan fingerprint density at radius 1 is 1.22 bits per heavy atom. The van der Waals surface area contributed by atoms with Gasteiger partial charge in [0.05, 0.1) is 6.21 Å². The molecule has 3 heteroatoms. The van der Waals surface area contributed by atoms with Crippen molar-refractivity contribution in [2.45, 2.75) is 27.2 Å². The summed E-state index contributed by atoms with van der Waals surface area (Å²) in [7, 11) is 0. The van der Waals surface area contributed by atoms with Crippen molar-refractivity contribution in [2.24, 2.45) is 5.16 Å². The highest BCUT2D eigenvalue weighted by Gasteiger charge is 2.09. The second kappa shape index (κ2) is 5.08. The molecule has 0 aliphatic heterocycles. The monoisotopic (exact) mass is 242 g/mol. The van der Waals surface area contributed by atoms with Gasteiger partial charge in [-0.15, -0.1) is 0 Å². The summed E-state index contributed by atoms with van der Waals surface area (Å²) in [4.78, 5) is 0. The fourth-order valence-electron chi connectivity index (χ4n) is 2.26. The van der Waals surface area contributed by atoms with Gasteiger partial charge in [0.15, 0.2) is 0 Å². The number of rotatable bonds is 3. The highest BCUT2D eigenvalue weighted by Crippen LogP contribution is 2.20. The number of hydrogen-bond donors (Lipinski definition) is 1. The van der Waals surface area contributed by atoms with Crippen LogP contribution in [0.3, 0.4) is 0 Å². The molecule has 1 heterocycles. The number of nitrogens with zero attached hydrogens (tertiary/aromatic N) is 2. The van der Waals surface area contributed by atoms with E-state index in [0.29, 0.717) is 0 Å². The lowest BCUT2D eigenvalue weighted by Gasteiger charge is -2.10. The molecule has 2 aromatic rings. The van der Waals surface area contributed by atoms with Gasteiger partial charge in [0.25, 0.3) is 0 Å². The van der Waals surface area contributed by atoms with Crippen molar-refractivity contribution >= 4 is 6.21 Å². The van der Waals surface area contributed by atoms with E-state index in [1.165, 1.54) is 11.8 Å². The molecule has 0 fully saturated rings. The van der Waals surface area contributed by atoms with Gasteiger partial charge in [-0.05, 0) is 44.0 Å². The highest BCUT2D eigenvalue weighted by atomic mass is 16.4. The van der Waals surface area contributed by atoms with E-state index in [4.69, 9.17) is 5.21 Å². The second-order valence-corrected chi connectivity index (χ2v) is 4.43. The van der Waals surface area contributed by atoms with Crippen molar-refractivity contribution in [3.63, 3.8) is 0 Å². The van der Waals surface area contributed by atoms with Gasteiger partial charge in [-0.25, -0.2) is 0 Å². The predicted octanol–water partition coefficient (Wildman–Crippen LogP) is 3.46. The number of aryl methyl sites for hydroxylation is 2. The quantitative estimate of drug-likeness (QED) is 0.499. The number of oxime groups is 1. The zero-order valence-corrected chi connectivity index (χ0v) is 11.0. The Hall–Kier alpha value is -2.03. The van der Waals surface area contributed by atoms with Crippen molar-refractivity contribution in [3.05, 3.63) is 52.8 Å². The topological polar surface area (TPSA) is 37.5 Å². The first-order chi connectivity index (χ1) is 8.67. The van der Waals surface area contributed by atoms with Crippen molar-refractivity contribution in [3.8, 4) is 5.69 Å². The third-order valence-electron chi connectivity index (χ3n) is 3.27. The van der Waals surface area contributed by atoms with Gasteiger partial charge in [-0.3, -0.25) is 0 Å². The summed E-state index contributed by atoms with van der Waals surface area (Å²) in [6.07, 6.45) is 2.52. The molecule has 1 N–H and O–H groups in total. The Kier molecular flexibility index (Phi) is 3.51. The Morgan fingerprint density at radius 3 is 2.44 bits per heavy atom. The van der Waals surface area contributed by atoms with Crippen LogP contribution in [0, 0.1) is 13.8 Å². The first kappa shape index (κ1) is 12.4. The summed E-state index contributed by atoms with van der Waals surface area (Å²) < 4.78 is 2.16. The van der Waals surface area contributed by atoms with Gasteiger partial charge in [0.1, 0.15) is 0 Å². The SMILES string of the molecule is CCc1ccc(-n2c(C)cc(C=NO)c2C)cc1. The molecule has 0 spiro atoms. The molecule has 18 heavy (non-hydrogen) atoms. The lowest BCUT2D eigenvalue weighted by Crippen LogP contribution is -1.99. The van der Waals surface area contributed by atoms with Gasteiger partial charge < -0.3 is 9.77 Å². The lowest BCUT2D eigenvalue weighted by molar-refractivity contribution is 0.322. The van der Waals surface area contributed by atoms with E-state index in [-0.39, 0.29) is 0 Å². The molecule has 0 amide bonds. The lowest BCUT2D eigenvalue weighted by atomic mass is 10.1. The largest absolute Gasteiger partial charge is 0.411 e. The Morgan fingerprint density at radius 2 is 1.89 bits per heavy atom. The fourth-order valence-corrected chi connectivity index (χ4v) is 2.26. The number of hydrogen-bond acceptors (Lipinski definition) is 2. The van der Waals surface area contributed by atoms with E-state index < -0.39 is 0 Å². The van der Waals surface area contributed by atoms with E-state index in [1.807, 2.05) is 13.0 Å². The molecule has 0 radical (unpaired) electrons. The molecule has 94 valence electrons. The average Bonchev–Trinajstić information content (AvgIpc) is 2.65. The Labute approximate surface area is 107 Å². The summed E-state index contributed by atoms with van der Waals surface area (Å²) in [6, 6.07) is 10.6. The number of benzene rings is 1. The Balaban J connectivity index is 2.49. The maximum absolute atomic E-state index is 8.64. The number of aromatic nitrogens is 1. The maximum atomic E-state index is 8.64. The second-order valence-electron chi connectivity index (χ2n) is 4.43. The molecule has 0 saturated heterocycles. The minimum Gasteiger partial charge on any atom is -0.411 e. The molecule has 0 unspecified atom stereocenters. The summed E-state index contributed by atoms with van der Waals surface area (Å²) in [5.74, 6) is 0. The van der Waals surface area contributed by atoms with Crippen molar-refractivity contribution in [2.75, 3.05) is 0 Å². The van der Waals surface area contributed by atoms with Crippen molar-refractivity contribution < 1.29 is 5.21 Å². The zero-order valence-electron chi connectivity index (χ0n) is 11.0. The van der Waals surface area contributed by atoms with Crippen LogP contribution in [0.25, 0.3) is 5.69 Å². The van der Waals surface area contributed by atoms with Crippen LogP contribution in [-0.4, -0.2) is 16.0 Å². The van der Waals surface area contributed by atoms with E-state index in [2.05, 4.69) is 47.8 Å². The molecule has 0 aliphatic carbocycles. The summed E-state index contributed by atoms with van der Waals surface area (Å²) in [6.45, 7) is 6.23. The normalized spacial score (nSPS) is 11.3. The third kappa shape index (κ3) is 2.16. The first-order valence-corrected chi connectivity index (χ1v) is 6.13. The summed E-state index contributed by atoms with van der Waals surface area (Å²) >= 11 is 0. The molecular formula is C15H18N2O. The van der Waals surface area contributed by atoms with E-state index in [0.717, 1.165) is 29.1 Å². The van der Waals surface area contributed by atoms with Crippen LogP contribution >= 0.6 is 0 Å². The van der Waals surface area contributed by atoms with Crippen LogP contribution in [-0.2, 0) is 6.42 Å². The predicted molar refractivity (Wildman–Crippen MR) is 74.0 cm³/mol. The summed E-state index contributed by atoms with van der Waals surface area (Å²) in [5.41, 5.74) is 5.62. The fraction of sp³-hybridized carbons (Fsp3) is 0.267. The van der Waals surface area contributed by atoms with Gasteiger partial charge in [0, 0.05) is 22.6 Å². The van der Waals surface area contributed by atoms with Crippen LogP contribution in [0.4, 0.5) is 0 Å². The van der Waals surface area contributed by atoms with E-state index in [1.54, 1.807) is 0 Å². The standard InChI is InChI=1S/C15H18N2O/c1-4-13-5-7-15(8-6-13)17-11(2)9-14(10-16-18)12(17)3/h5-10,18H,4H2,1-3H3. The van der Waals surface area contributed by atoms with Gasteiger partial charge in [-0.2, -0.15) is 0 Å². The van der Waals surface area contributed by atoms with Crippen LogP contribution in [0.5, 0.6) is 0 Å². The molecule has 0 atom stereocenters. The zero-order chi connectivity index (χ0) is 13.1. The molecule has 1 aromatic carbocycles. The van der Waals surface area contributed by atoms with E-state index in [9.17, 15) is 0 Å². The third-order valence-corrected chi connectivity index (χ3v) is 3.27. The van der Waals surface area contributed by atoms with Crippen molar-refractivity contribution in [1.29, 1.82) is 0 Å². The van der Waals surface area contributed by atoms with Gasteiger partial charge in [-0.1, -0.05) is 24.2 Å². The molecule has 2 rings (SSSR count). The minimum absolute atomic E-state index is 0.939.